The molecule has 12 nitrogen and oxygen atoms in total. The number of ether oxygens (including phenoxy) is 1. The van der Waals surface area contributed by atoms with E-state index in [-0.39, 0.29) is 29.4 Å². The number of nitrogens with zero attached hydrogens (tertiary/aromatic N) is 6. The summed E-state index contributed by atoms with van der Waals surface area (Å²) < 4.78 is 9.72. The van der Waals surface area contributed by atoms with Crippen molar-refractivity contribution in [3.8, 4) is 5.75 Å². The number of non-ortho nitro benzene ring substituents is 1. The van der Waals surface area contributed by atoms with Crippen LogP contribution in [0.25, 0.3) is 11.2 Å². The number of hydrogen-bond donors (Lipinski definition) is 1. The lowest BCUT2D eigenvalue weighted by atomic mass is 10.2. The second-order valence-electron chi connectivity index (χ2n) is 7.49. The highest BCUT2D eigenvalue weighted by atomic mass is 16.6. The summed E-state index contributed by atoms with van der Waals surface area (Å²) in [5, 5.41) is 15.0. The Bertz CT molecular complexity index is 1530. The molecule has 0 spiro atoms. The third kappa shape index (κ3) is 4.16. The van der Waals surface area contributed by atoms with Gasteiger partial charge in [-0.3, -0.25) is 24.0 Å². The maximum absolute atomic E-state index is 12.5. The summed E-state index contributed by atoms with van der Waals surface area (Å²) in [6.45, 7) is 0.221. The average Bonchev–Trinajstić information content (AvgIpc) is 3.17. The molecule has 4 aromatic rings. The standard InChI is InChI=1S/C22H21N7O5/c1-26-18-19(27(2)22(31)28(3)20(18)30)24-21(26)25-23-12-15-6-4-5-7-17(15)34-13-14-8-10-16(11-9-14)29(32)33/h4-12H,13H2,1-3H3,(H,24,25)/b23-12-. The molecule has 12 heteroatoms. The number of hydrazone groups is 1. The molecule has 4 rings (SSSR count). The van der Waals surface area contributed by atoms with E-state index in [9.17, 15) is 19.7 Å². The molecule has 2 aromatic carbocycles. The lowest BCUT2D eigenvalue weighted by molar-refractivity contribution is -0.384. The van der Waals surface area contributed by atoms with E-state index in [2.05, 4.69) is 15.5 Å². The number of rotatable bonds is 7. The van der Waals surface area contributed by atoms with E-state index in [0.717, 1.165) is 10.1 Å². The minimum absolute atomic E-state index is 0.0160. The van der Waals surface area contributed by atoms with Crippen LogP contribution in [0.5, 0.6) is 5.75 Å². The van der Waals surface area contributed by atoms with E-state index >= 15 is 0 Å². The highest BCUT2D eigenvalue weighted by molar-refractivity contribution is 5.84. The van der Waals surface area contributed by atoms with Gasteiger partial charge in [0.25, 0.3) is 11.2 Å². The number of nitro benzene ring substituents is 1. The number of aromatic nitrogens is 4. The van der Waals surface area contributed by atoms with Crippen molar-refractivity contribution in [3.05, 3.63) is 90.6 Å². The predicted molar refractivity (Wildman–Crippen MR) is 126 cm³/mol. The molecular formula is C22H21N7O5. The first kappa shape index (κ1) is 22.5. The molecule has 0 atom stereocenters. The molecule has 0 saturated carbocycles. The van der Waals surface area contributed by atoms with Crippen LogP contribution in [0.3, 0.4) is 0 Å². The largest absolute Gasteiger partial charge is 0.488 e. The van der Waals surface area contributed by atoms with E-state index in [1.807, 2.05) is 18.2 Å². The van der Waals surface area contributed by atoms with Crippen molar-refractivity contribution in [1.82, 2.24) is 18.7 Å². The molecule has 0 aliphatic rings. The number of benzene rings is 2. The number of aryl methyl sites for hydroxylation is 2. The van der Waals surface area contributed by atoms with Gasteiger partial charge in [-0.15, -0.1) is 0 Å². The molecule has 174 valence electrons. The minimum atomic E-state index is -0.468. The van der Waals surface area contributed by atoms with Crippen LogP contribution in [0.2, 0.25) is 0 Å². The van der Waals surface area contributed by atoms with Crippen LogP contribution in [-0.4, -0.2) is 29.8 Å². The van der Waals surface area contributed by atoms with Crippen molar-refractivity contribution in [1.29, 1.82) is 0 Å². The monoisotopic (exact) mass is 463 g/mol. The first-order valence-electron chi connectivity index (χ1n) is 10.1. The quantitative estimate of drug-likeness (QED) is 0.251. The van der Waals surface area contributed by atoms with Gasteiger partial charge in [0.1, 0.15) is 12.4 Å². The molecule has 0 radical (unpaired) electrons. The van der Waals surface area contributed by atoms with E-state index in [1.54, 1.807) is 38.5 Å². The van der Waals surface area contributed by atoms with Crippen molar-refractivity contribution in [2.75, 3.05) is 5.43 Å². The molecule has 2 aromatic heterocycles. The van der Waals surface area contributed by atoms with Gasteiger partial charge in [0.05, 0.1) is 11.1 Å². The van der Waals surface area contributed by atoms with Gasteiger partial charge in [0.15, 0.2) is 11.2 Å². The molecule has 0 bridgehead atoms. The van der Waals surface area contributed by atoms with Crippen LogP contribution < -0.4 is 21.4 Å². The van der Waals surface area contributed by atoms with Gasteiger partial charge in [0, 0.05) is 38.8 Å². The Hall–Kier alpha value is -4.74. The number of hydrogen-bond acceptors (Lipinski definition) is 8. The normalized spacial score (nSPS) is 11.3. The Morgan fingerprint density at radius 3 is 2.47 bits per heavy atom. The Morgan fingerprint density at radius 1 is 1.06 bits per heavy atom. The highest BCUT2D eigenvalue weighted by Crippen LogP contribution is 2.19. The lowest BCUT2D eigenvalue weighted by Gasteiger charge is -2.09. The number of fused-ring (bicyclic) bond motifs is 1. The van der Waals surface area contributed by atoms with Crippen LogP contribution in [0, 0.1) is 10.1 Å². The van der Waals surface area contributed by atoms with Gasteiger partial charge < -0.3 is 9.30 Å². The zero-order valence-corrected chi connectivity index (χ0v) is 18.6. The molecule has 1 N–H and O–H groups in total. The Morgan fingerprint density at radius 2 is 1.76 bits per heavy atom. The Kier molecular flexibility index (Phi) is 5.95. The predicted octanol–water partition coefficient (Wildman–Crippen LogP) is 1.90. The molecular weight excluding hydrogens is 442 g/mol. The molecule has 0 amide bonds. The Labute approximate surface area is 192 Å². The first-order chi connectivity index (χ1) is 16.3. The van der Waals surface area contributed by atoms with Crippen molar-refractivity contribution in [2.45, 2.75) is 6.61 Å². The van der Waals surface area contributed by atoms with Crippen molar-refractivity contribution >= 4 is 29.0 Å². The summed E-state index contributed by atoms with van der Waals surface area (Å²) in [5.74, 6) is 0.849. The van der Waals surface area contributed by atoms with Crippen LogP contribution in [-0.2, 0) is 27.7 Å². The molecule has 2 heterocycles. The van der Waals surface area contributed by atoms with E-state index < -0.39 is 16.2 Å². The number of imidazole rings is 1. The van der Waals surface area contributed by atoms with Crippen LogP contribution in [0.15, 0.2) is 63.2 Å². The fraction of sp³-hybridized carbons (Fsp3) is 0.182. The van der Waals surface area contributed by atoms with Gasteiger partial charge >= 0.3 is 5.69 Å². The van der Waals surface area contributed by atoms with Crippen molar-refractivity contribution in [2.24, 2.45) is 26.2 Å². The summed E-state index contributed by atoms with van der Waals surface area (Å²) in [6.07, 6.45) is 1.54. The molecule has 0 saturated heterocycles. The zero-order valence-electron chi connectivity index (χ0n) is 18.6. The molecule has 0 unspecified atom stereocenters. The van der Waals surface area contributed by atoms with Crippen LogP contribution >= 0.6 is 0 Å². The third-order valence-corrected chi connectivity index (χ3v) is 5.30. The first-order valence-corrected chi connectivity index (χ1v) is 10.1. The highest BCUT2D eigenvalue weighted by Gasteiger charge is 2.16. The van der Waals surface area contributed by atoms with Crippen molar-refractivity contribution < 1.29 is 9.66 Å². The third-order valence-electron chi connectivity index (χ3n) is 5.30. The van der Waals surface area contributed by atoms with E-state index in [4.69, 9.17) is 4.74 Å². The summed E-state index contributed by atoms with van der Waals surface area (Å²) in [7, 11) is 4.61. The maximum atomic E-state index is 12.5. The zero-order chi connectivity index (χ0) is 24.4. The number of nitro groups is 1. The molecule has 0 fully saturated rings. The SMILES string of the molecule is Cn1c(=O)c2c(nc(N/N=C\c3ccccc3OCc3ccc([N+](=O)[O-])cc3)n2C)n(C)c1=O. The summed E-state index contributed by atoms with van der Waals surface area (Å²) in [5.41, 5.74) is 3.88. The van der Waals surface area contributed by atoms with Crippen LogP contribution in [0.1, 0.15) is 11.1 Å². The topological polar surface area (TPSA) is 139 Å². The average molecular weight is 463 g/mol. The lowest BCUT2D eigenvalue weighted by Crippen LogP contribution is -2.37. The summed E-state index contributed by atoms with van der Waals surface area (Å²) in [6, 6.07) is 13.4. The fourth-order valence-corrected chi connectivity index (χ4v) is 3.37. The summed E-state index contributed by atoms with van der Waals surface area (Å²) >= 11 is 0. The second-order valence-corrected chi connectivity index (χ2v) is 7.49. The van der Waals surface area contributed by atoms with Gasteiger partial charge in [0.2, 0.25) is 5.95 Å². The van der Waals surface area contributed by atoms with E-state index in [0.29, 0.717) is 11.3 Å². The van der Waals surface area contributed by atoms with Gasteiger partial charge in [-0.25, -0.2) is 10.2 Å². The smallest absolute Gasteiger partial charge is 0.332 e. The number of para-hydroxylation sites is 1. The van der Waals surface area contributed by atoms with Gasteiger partial charge in [-0.05, 0) is 29.8 Å². The van der Waals surface area contributed by atoms with Crippen LogP contribution in [0.4, 0.5) is 11.6 Å². The number of nitrogens with one attached hydrogen (secondary N) is 1. The minimum Gasteiger partial charge on any atom is -0.488 e. The number of anilines is 1. The molecule has 0 aliphatic carbocycles. The van der Waals surface area contributed by atoms with Gasteiger partial charge in [-0.1, -0.05) is 12.1 Å². The van der Waals surface area contributed by atoms with E-state index in [1.165, 1.54) is 28.3 Å². The Balaban J connectivity index is 1.52. The maximum Gasteiger partial charge on any atom is 0.332 e. The summed E-state index contributed by atoms with van der Waals surface area (Å²) in [4.78, 5) is 39.3. The fourth-order valence-electron chi connectivity index (χ4n) is 3.37. The second kappa shape index (κ2) is 9.02. The molecule has 0 aliphatic heterocycles. The van der Waals surface area contributed by atoms with Crippen molar-refractivity contribution in [3.63, 3.8) is 0 Å². The molecule has 34 heavy (non-hydrogen) atoms. The van der Waals surface area contributed by atoms with Gasteiger partial charge in [-0.2, -0.15) is 10.1 Å².